The fraction of sp³-hybridized carbons (Fsp3) is 0.308. The summed E-state index contributed by atoms with van der Waals surface area (Å²) < 4.78 is 5.82. The van der Waals surface area contributed by atoms with E-state index < -0.39 is 0 Å². The molecular weight excluding hydrogens is 200 g/mol. The summed E-state index contributed by atoms with van der Waals surface area (Å²) in [6.45, 7) is 2.08. The molecule has 1 aliphatic heterocycles. The number of aromatic amines is 1. The van der Waals surface area contributed by atoms with Gasteiger partial charge in [0.1, 0.15) is 12.3 Å². The molecule has 0 aliphatic carbocycles. The van der Waals surface area contributed by atoms with Gasteiger partial charge in [0.15, 0.2) is 0 Å². The standard InChI is InChI=1S/C13H14N2O/c1-2-13-15-8-12(16-13)10-7-14-11-6-4-3-5-9(10)11/h3-8,12-14H,2H2,1H3. The van der Waals surface area contributed by atoms with Gasteiger partial charge in [0.05, 0.1) is 0 Å². The van der Waals surface area contributed by atoms with E-state index in [0.29, 0.717) is 0 Å². The van der Waals surface area contributed by atoms with Crippen LogP contribution >= 0.6 is 0 Å². The fourth-order valence-corrected chi connectivity index (χ4v) is 2.10. The number of H-pyrrole nitrogens is 1. The minimum Gasteiger partial charge on any atom is -0.361 e. The van der Waals surface area contributed by atoms with E-state index in [1.54, 1.807) is 0 Å². The Labute approximate surface area is 94.1 Å². The van der Waals surface area contributed by atoms with Gasteiger partial charge in [0, 0.05) is 28.9 Å². The molecule has 0 saturated carbocycles. The second kappa shape index (κ2) is 3.76. The molecule has 1 aliphatic rings. The van der Waals surface area contributed by atoms with Gasteiger partial charge in [-0.3, -0.25) is 4.99 Å². The molecule has 2 atom stereocenters. The molecule has 0 radical (unpaired) electrons. The Kier molecular flexibility index (Phi) is 2.26. The summed E-state index contributed by atoms with van der Waals surface area (Å²) in [6.07, 6.45) is 4.87. The molecule has 2 aromatic rings. The Hall–Kier alpha value is -1.61. The van der Waals surface area contributed by atoms with Gasteiger partial charge >= 0.3 is 0 Å². The molecule has 16 heavy (non-hydrogen) atoms. The molecule has 3 heteroatoms. The average molecular weight is 214 g/mol. The molecule has 82 valence electrons. The zero-order chi connectivity index (χ0) is 11.0. The van der Waals surface area contributed by atoms with Crippen LogP contribution in [0.1, 0.15) is 25.0 Å². The van der Waals surface area contributed by atoms with Crippen molar-refractivity contribution in [2.75, 3.05) is 0 Å². The van der Waals surface area contributed by atoms with Crippen molar-refractivity contribution in [1.82, 2.24) is 4.98 Å². The molecule has 0 bridgehead atoms. The first-order chi connectivity index (χ1) is 7.88. The number of nitrogens with one attached hydrogen (secondary N) is 1. The second-order valence-electron chi connectivity index (χ2n) is 4.01. The molecule has 0 fully saturated rings. The van der Waals surface area contributed by atoms with E-state index in [-0.39, 0.29) is 12.3 Å². The molecule has 0 saturated heterocycles. The number of hydrogen-bond donors (Lipinski definition) is 1. The highest BCUT2D eigenvalue weighted by atomic mass is 16.5. The van der Waals surface area contributed by atoms with Crippen molar-refractivity contribution < 1.29 is 4.74 Å². The summed E-state index contributed by atoms with van der Waals surface area (Å²) in [5.74, 6) is 0. The normalized spacial score (nSPS) is 24.3. The Morgan fingerprint density at radius 1 is 1.38 bits per heavy atom. The van der Waals surface area contributed by atoms with Crippen molar-refractivity contribution >= 4 is 17.1 Å². The Bertz CT molecular complexity index is 529. The maximum Gasteiger partial charge on any atom is 0.149 e. The van der Waals surface area contributed by atoms with Crippen LogP contribution in [-0.4, -0.2) is 17.4 Å². The third-order valence-corrected chi connectivity index (χ3v) is 2.97. The number of ether oxygens (including phenoxy) is 1. The maximum atomic E-state index is 5.82. The third kappa shape index (κ3) is 1.44. The van der Waals surface area contributed by atoms with Crippen LogP contribution in [0.2, 0.25) is 0 Å². The van der Waals surface area contributed by atoms with Gasteiger partial charge in [-0.25, -0.2) is 0 Å². The molecule has 1 aromatic heterocycles. The van der Waals surface area contributed by atoms with Gasteiger partial charge in [0.25, 0.3) is 0 Å². The first kappa shape index (κ1) is 9.60. The molecule has 3 nitrogen and oxygen atoms in total. The molecule has 1 aromatic carbocycles. The van der Waals surface area contributed by atoms with Crippen LogP contribution in [0.4, 0.5) is 0 Å². The molecule has 0 spiro atoms. The van der Waals surface area contributed by atoms with Crippen molar-refractivity contribution in [3.8, 4) is 0 Å². The number of aliphatic imine (C=N–C) groups is 1. The fourth-order valence-electron chi connectivity index (χ4n) is 2.10. The Morgan fingerprint density at radius 2 is 2.25 bits per heavy atom. The molecule has 2 unspecified atom stereocenters. The van der Waals surface area contributed by atoms with Gasteiger partial charge < -0.3 is 9.72 Å². The van der Waals surface area contributed by atoms with Crippen molar-refractivity contribution in [2.24, 2.45) is 4.99 Å². The number of benzene rings is 1. The van der Waals surface area contributed by atoms with Gasteiger partial charge in [-0.2, -0.15) is 0 Å². The summed E-state index contributed by atoms with van der Waals surface area (Å²) in [5, 5.41) is 1.22. The lowest BCUT2D eigenvalue weighted by Crippen LogP contribution is -2.05. The summed E-state index contributed by atoms with van der Waals surface area (Å²) in [5.41, 5.74) is 2.32. The predicted octanol–water partition coefficient (Wildman–Crippen LogP) is 3.05. The maximum absolute atomic E-state index is 5.82. The summed E-state index contributed by atoms with van der Waals surface area (Å²) in [6, 6.07) is 8.25. The van der Waals surface area contributed by atoms with Gasteiger partial charge in [-0.05, 0) is 12.5 Å². The van der Waals surface area contributed by atoms with Crippen LogP contribution in [0.15, 0.2) is 35.5 Å². The topological polar surface area (TPSA) is 37.4 Å². The number of para-hydroxylation sites is 1. The first-order valence-corrected chi connectivity index (χ1v) is 5.63. The van der Waals surface area contributed by atoms with E-state index in [1.165, 1.54) is 10.9 Å². The highest BCUT2D eigenvalue weighted by molar-refractivity contribution is 5.87. The van der Waals surface area contributed by atoms with Crippen LogP contribution in [0.3, 0.4) is 0 Å². The van der Waals surface area contributed by atoms with Gasteiger partial charge in [0.2, 0.25) is 0 Å². The Balaban J connectivity index is 1.98. The highest BCUT2D eigenvalue weighted by Gasteiger charge is 2.22. The monoisotopic (exact) mass is 214 g/mol. The average Bonchev–Trinajstić information content (AvgIpc) is 2.94. The van der Waals surface area contributed by atoms with Crippen LogP contribution in [0.5, 0.6) is 0 Å². The molecule has 0 amide bonds. The molecule has 1 N–H and O–H groups in total. The van der Waals surface area contributed by atoms with E-state index in [2.05, 4.69) is 29.0 Å². The van der Waals surface area contributed by atoms with Crippen LogP contribution < -0.4 is 0 Å². The van der Waals surface area contributed by atoms with Gasteiger partial charge in [-0.15, -0.1) is 0 Å². The zero-order valence-corrected chi connectivity index (χ0v) is 9.18. The van der Waals surface area contributed by atoms with E-state index >= 15 is 0 Å². The highest BCUT2D eigenvalue weighted by Crippen LogP contribution is 2.29. The van der Waals surface area contributed by atoms with Crippen LogP contribution in [0.25, 0.3) is 10.9 Å². The quantitative estimate of drug-likeness (QED) is 0.819. The van der Waals surface area contributed by atoms with Crippen molar-refractivity contribution in [3.63, 3.8) is 0 Å². The number of fused-ring (bicyclic) bond motifs is 1. The lowest BCUT2D eigenvalue weighted by molar-refractivity contribution is 0.0497. The third-order valence-electron chi connectivity index (χ3n) is 2.97. The van der Waals surface area contributed by atoms with Gasteiger partial charge in [-0.1, -0.05) is 25.1 Å². The first-order valence-electron chi connectivity index (χ1n) is 5.63. The van der Waals surface area contributed by atoms with E-state index in [4.69, 9.17) is 4.74 Å². The smallest absolute Gasteiger partial charge is 0.149 e. The van der Waals surface area contributed by atoms with E-state index in [1.807, 2.05) is 24.5 Å². The predicted molar refractivity (Wildman–Crippen MR) is 64.7 cm³/mol. The largest absolute Gasteiger partial charge is 0.361 e. The van der Waals surface area contributed by atoms with Crippen molar-refractivity contribution in [3.05, 3.63) is 36.0 Å². The lowest BCUT2D eigenvalue weighted by atomic mass is 10.1. The lowest BCUT2D eigenvalue weighted by Gasteiger charge is -2.09. The summed E-state index contributed by atoms with van der Waals surface area (Å²) >= 11 is 0. The minimum absolute atomic E-state index is 0.00102. The molecular formula is C13H14N2O. The summed E-state index contributed by atoms with van der Waals surface area (Å²) in [7, 11) is 0. The van der Waals surface area contributed by atoms with E-state index in [9.17, 15) is 0 Å². The van der Waals surface area contributed by atoms with E-state index in [0.717, 1.165) is 11.9 Å². The van der Waals surface area contributed by atoms with Crippen molar-refractivity contribution in [2.45, 2.75) is 25.7 Å². The zero-order valence-electron chi connectivity index (χ0n) is 9.18. The van der Waals surface area contributed by atoms with Crippen LogP contribution in [-0.2, 0) is 4.74 Å². The van der Waals surface area contributed by atoms with Crippen LogP contribution in [0, 0.1) is 0 Å². The Morgan fingerprint density at radius 3 is 3.06 bits per heavy atom. The molecule has 3 rings (SSSR count). The molecule has 2 heterocycles. The number of hydrogen-bond acceptors (Lipinski definition) is 2. The number of rotatable bonds is 2. The number of nitrogens with zero attached hydrogens (tertiary/aromatic N) is 1. The van der Waals surface area contributed by atoms with Crippen molar-refractivity contribution in [1.29, 1.82) is 0 Å². The number of aromatic nitrogens is 1. The minimum atomic E-state index is 0.00102. The summed E-state index contributed by atoms with van der Waals surface area (Å²) in [4.78, 5) is 7.59. The SMILES string of the molecule is CCC1N=CC(c2c[nH]c3ccccc23)O1. The second-order valence-corrected chi connectivity index (χ2v) is 4.01.